The second-order valence-corrected chi connectivity index (χ2v) is 9.06. The number of piperazine rings is 1. The first-order valence-electron chi connectivity index (χ1n) is 9.36. The number of nitrogens with zero attached hydrogens (tertiary/aromatic N) is 2. The van der Waals surface area contributed by atoms with Gasteiger partial charge in [0.25, 0.3) is 5.91 Å². The number of aryl methyl sites for hydroxylation is 2. The Morgan fingerprint density at radius 3 is 2.21 bits per heavy atom. The third kappa shape index (κ3) is 4.54. The fraction of sp³-hybridized carbons (Fsp3) is 0.381. The predicted molar refractivity (Wildman–Crippen MR) is 108 cm³/mol. The van der Waals surface area contributed by atoms with E-state index in [9.17, 15) is 13.2 Å². The Labute approximate surface area is 166 Å². The first kappa shape index (κ1) is 20.4. The topological polar surface area (TPSA) is 66.9 Å². The van der Waals surface area contributed by atoms with Crippen LogP contribution >= 0.6 is 0 Å². The van der Waals surface area contributed by atoms with Crippen molar-refractivity contribution in [1.29, 1.82) is 0 Å². The smallest absolute Gasteiger partial charge is 0.263 e. The largest absolute Gasteiger partial charge is 0.481 e. The molecule has 0 N–H and O–H groups in total. The van der Waals surface area contributed by atoms with Gasteiger partial charge in [-0.25, -0.2) is 8.42 Å². The number of hydrogen-bond acceptors (Lipinski definition) is 4. The lowest BCUT2D eigenvalue weighted by molar-refractivity contribution is -0.139. The summed E-state index contributed by atoms with van der Waals surface area (Å²) in [7, 11) is -3.54. The molecule has 3 rings (SSSR count). The van der Waals surface area contributed by atoms with Gasteiger partial charge in [0, 0.05) is 26.2 Å². The van der Waals surface area contributed by atoms with Gasteiger partial charge < -0.3 is 9.64 Å². The Bertz CT molecular complexity index is 933. The molecule has 1 saturated heterocycles. The van der Waals surface area contributed by atoms with Crippen LogP contribution in [0.25, 0.3) is 0 Å². The zero-order chi connectivity index (χ0) is 20.3. The summed E-state index contributed by atoms with van der Waals surface area (Å²) >= 11 is 0. The van der Waals surface area contributed by atoms with Crippen LogP contribution in [0, 0.1) is 13.8 Å². The number of ether oxygens (including phenoxy) is 1. The van der Waals surface area contributed by atoms with Crippen LogP contribution in [0.1, 0.15) is 18.1 Å². The van der Waals surface area contributed by atoms with E-state index in [1.54, 1.807) is 36.1 Å². The molecular weight excluding hydrogens is 376 g/mol. The average molecular weight is 403 g/mol. The van der Waals surface area contributed by atoms with Gasteiger partial charge in [-0.3, -0.25) is 4.79 Å². The Kier molecular flexibility index (Phi) is 6.05. The zero-order valence-corrected chi connectivity index (χ0v) is 17.3. The number of sulfonamides is 1. The molecule has 1 aliphatic rings. The maximum atomic E-state index is 12.8. The standard InChI is InChI=1S/C21H26N2O4S/c1-16-7-9-20(10-8-16)28(25,26)23-13-11-22(12-14-23)21(24)18(3)27-19-6-4-5-17(2)15-19/h4-10,15,18H,11-14H2,1-3H3/t18-/m0/s1. The molecule has 7 heteroatoms. The van der Waals surface area contributed by atoms with E-state index in [0.717, 1.165) is 11.1 Å². The van der Waals surface area contributed by atoms with Gasteiger partial charge >= 0.3 is 0 Å². The van der Waals surface area contributed by atoms with E-state index in [4.69, 9.17) is 4.74 Å². The van der Waals surface area contributed by atoms with Gasteiger partial charge in [-0.15, -0.1) is 0 Å². The summed E-state index contributed by atoms with van der Waals surface area (Å²) in [5.74, 6) is 0.523. The van der Waals surface area contributed by atoms with Crippen molar-refractivity contribution in [2.24, 2.45) is 0 Å². The van der Waals surface area contributed by atoms with Gasteiger partial charge in [-0.2, -0.15) is 4.31 Å². The van der Waals surface area contributed by atoms with E-state index in [0.29, 0.717) is 18.8 Å². The van der Waals surface area contributed by atoms with Crippen molar-refractivity contribution in [1.82, 2.24) is 9.21 Å². The van der Waals surface area contributed by atoms with Crippen LogP contribution < -0.4 is 4.74 Å². The van der Waals surface area contributed by atoms with Crippen LogP contribution in [0.5, 0.6) is 5.75 Å². The number of carbonyl (C=O) groups is 1. The highest BCUT2D eigenvalue weighted by Crippen LogP contribution is 2.19. The van der Waals surface area contributed by atoms with Crippen molar-refractivity contribution in [3.63, 3.8) is 0 Å². The van der Waals surface area contributed by atoms with Gasteiger partial charge in [0.1, 0.15) is 5.75 Å². The second-order valence-electron chi connectivity index (χ2n) is 7.12. The second kappa shape index (κ2) is 8.32. The van der Waals surface area contributed by atoms with E-state index < -0.39 is 16.1 Å². The highest BCUT2D eigenvalue weighted by molar-refractivity contribution is 7.89. The quantitative estimate of drug-likeness (QED) is 0.771. The molecule has 1 amide bonds. The first-order valence-corrected chi connectivity index (χ1v) is 10.8. The van der Waals surface area contributed by atoms with Crippen LogP contribution in [0.4, 0.5) is 0 Å². The van der Waals surface area contributed by atoms with E-state index in [-0.39, 0.29) is 23.9 Å². The lowest BCUT2D eigenvalue weighted by Gasteiger charge is -2.35. The summed E-state index contributed by atoms with van der Waals surface area (Å²) in [6.45, 7) is 6.86. The molecular formula is C21H26N2O4S. The molecule has 1 atom stereocenters. The van der Waals surface area contributed by atoms with Crippen LogP contribution in [0.3, 0.4) is 0 Å². The van der Waals surface area contributed by atoms with Crippen molar-refractivity contribution >= 4 is 15.9 Å². The molecule has 150 valence electrons. The van der Waals surface area contributed by atoms with Gasteiger partial charge in [-0.05, 0) is 50.6 Å². The monoisotopic (exact) mass is 402 g/mol. The van der Waals surface area contributed by atoms with Crippen LogP contribution in [0.2, 0.25) is 0 Å². The lowest BCUT2D eigenvalue weighted by Crippen LogP contribution is -2.53. The SMILES string of the molecule is Cc1ccc(S(=O)(=O)N2CCN(C(=O)[C@H](C)Oc3cccc(C)c3)CC2)cc1. The summed E-state index contributed by atoms with van der Waals surface area (Å²) in [6.07, 6.45) is -0.623. The lowest BCUT2D eigenvalue weighted by atomic mass is 10.2. The van der Waals surface area contributed by atoms with E-state index >= 15 is 0 Å². The van der Waals surface area contributed by atoms with Gasteiger partial charge in [0.05, 0.1) is 4.90 Å². The van der Waals surface area contributed by atoms with Crippen molar-refractivity contribution in [3.8, 4) is 5.75 Å². The molecule has 6 nitrogen and oxygen atoms in total. The summed E-state index contributed by atoms with van der Waals surface area (Å²) < 4.78 is 32.8. The Hall–Kier alpha value is -2.38. The van der Waals surface area contributed by atoms with E-state index in [1.807, 2.05) is 38.1 Å². The van der Waals surface area contributed by atoms with Crippen molar-refractivity contribution in [3.05, 3.63) is 59.7 Å². The molecule has 0 spiro atoms. The molecule has 0 radical (unpaired) electrons. The number of benzene rings is 2. The van der Waals surface area contributed by atoms with Crippen molar-refractivity contribution in [2.75, 3.05) is 26.2 Å². The summed E-state index contributed by atoms with van der Waals surface area (Å²) in [5.41, 5.74) is 2.07. The Morgan fingerprint density at radius 2 is 1.61 bits per heavy atom. The maximum absolute atomic E-state index is 12.8. The fourth-order valence-electron chi connectivity index (χ4n) is 3.21. The van der Waals surface area contributed by atoms with Crippen LogP contribution in [0.15, 0.2) is 53.4 Å². The Balaban J connectivity index is 1.59. The van der Waals surface area contributed by atoms with Gasteiger partial charge in [-0.1, -0.05) is 29.8 Å². The van der Waals surface area contributed by atoms with E-state index in [1.165, 1.54) is 4.31 Å². The molecule has 1 heterocycles. The van der Waals surface area contributed by atoms with Crippen molar-refractivity contribution in [2.45, 2.75) is 31.8 Å². The minimum absolute atomic E-state index is 0.131. The molecule has 0 aromatic heterocycles. The van der Waals surface area contributed by atoms with Gasteiger partial charge in [0.15, 0.2) is 6.10 Å². The maximum Gasteiger partial charge on any atom is 0.263 e. The third-order valence-corrected chi connectivity index (χ3v) is 6.77. The average Bonchev–Trinajstić information content (AvgIpc) is 2.68. The molecule has 28 heavy (non-hydrogen) atoms. The number of carbonyl (C=O) groups excluding carboxylic acids is 1. The summed E-state index contributed by atoms with van der Waals surface area (Å²) in [4.78, 5) is 14.6. The number of rotatable bonds is 5. The number of hydrogen-bond donors (Lipinski definition) is 0. The summed E-state index contributed by atoms with van der Waals surface area (Å²) in [6, 6.07) is 14.4. The first-order chi connectivity index (χ1) is 13.3. The molecule has 0 aliphatic carbocycles. The molecule has 2 aromatic carbocycles. The summed E-state index contributed by atoms with van der Waals surface area (Å²) in [5, 5.41) is 0. The molecule has 0 saturated carbocycles. The number of amides is 1. The highest BCUT2D eigenvalue weighted by Gasteiger charge is 2.32. The Morgan fingerprint density at radius 1 is 0.964 bits per heavy atom. The normalized spacial score (nSPS) is 16.6. The molecule has 0 unspecified atom stereocenters. The fourth-order valence-corrected chi connectivity index (χ4v) is 4.63. The zero-order valence-electron chi connectivity index (χ0n) is 16.5. The van der Waals surface area contributed by atoms with Crippen LogP contribution in [-0.2, 0) is 14.8 Å². The minimum Gasteiger partial charge on any atom is -0.481 e. The molecule has 2 aromatic rings. The van der Waals surface area contributed by atoms with Crippen LogP contribution in [-0.4, -0.2) is 55.8 Å². The highest BCUT2D eigenvalue weighted by atomic mass is 32.2. The predicted octanol–water partition coefficient (Wildman–Crippen LogP) is 2.60. The minimum atomic E-state index is -3.54. The molecule has 1 aliphatic heterocycles. The van der Waals surface area contributed by atoms with Crippen molar-refractivity contribution < 1.29 is 17.9 Å². The molecule has 1 fully saturated rings. The van der Waals surface area contributed by atoms with E-state index in [2.05, 4.69) is 0 Å². The molecule has 0 bridgehead atoms. The third-order valence-electron chi connectivity index (χ3n) is 4.86. The van der Waals surface area contributed by atoms with Gasteiger partial charge in [0.2, 0.25) is 10.0 Å².